The highest BCUT2D eigenvalue weighted by molar-refractivity contribution is 7.91. The number of aromatic nitrogens is 2. The molecule has 1 saturated heterocycles. The predicted octanol–water partition coefficient (Wildman–Crippen LogP) is 8.90. The third-order valence-electron chi connectivity index (χ3n) is 10.8. The van der Waals surface area contributed by atoms with Gasteiger partial charge in [0.25, 0.3) is 5.91 Å². The van der Waals surface area contributed by atoms with Crippen molar-refractivity contribution in [3.05, 3.63) is 179 Å². The molecule has 10 nitrogen and oxygen atoms in total. The Bertz CT molecular complexity index is 2790. The topological polar surface area (TPSA) is 137 Å². The van der Waals surface area contributed by atoms with Gasteiger partial charge in [0.15, 0.2) is 5.82 Å². The Kier molecular flexibility index (Phi) is 11.1. The fourth-order valence-electron chi connectivity index (χ4n) is 8.00. The highest BCUT2D eigenvalue weighted by Crippen LogP contribution is 2.44. The van der Waals surface area contributed by atoms with Gasteiger partial charge in [0.05, 0.1) is 26.6 Å². The smallest absolute Gasteiger partial charge is 0.399 e. The van der Waals surface area contributed by atoms with Crippen molar-refractivity contribution in [3.63, 3.8) is 0 Å². The fraction of sp³-hybridized carbons (Fsp3) is 0.152. The van der Waals surface area contributed by atoms with Gasteiger partial charge in [-0.2, -0.15) is 18.3 Å². The molecule has 3 N–H and O–H groups in total. The lowest BCUT2D eigenvalue weighted by molar-refractivity contribution is -0.171. The van der Waals surface area contributed by atoms with E-state index >= 15 is 0 Å². The Hall–Kier alpha value is -6.91. The van der Waals surface area contributed by atoms with Crippen molar-refractivity contribution >= 4 is 49.7 Å². The summed E-state index contributed by atoms with van der Waals surface area (Å²) in [6.07, 6.45) is -5.24. The minimum atomic E-state index is -5.33. The van der Waals surface area contributed by atoms with Gasteiger partial charge >= 0.3 is 12.1 Å². The summed E-state index contributed by atoms with van der Waals surface area (Å²) in [7, 11) is -4.62. The first kappa shape index (κ1) is 41.8. The number of nitrogens with zero attached hydrogens (tertiary/aromatic N) is 3. The molecule has 1 aliphatic heterocycles. The van der Waals surface area contributed by atoms with Crippen LogP contribution in [0.3, 0.4) is 0 Å². The second-order valence-corrected chi connectivity index (χ2v) is 16.6. The van der Waals surface area contributed by atoms with Crippen LogP contribution >= 0.6 is 0 Å². The zero-order valence-corrected chi connectivity index (χ0v) is 33.3. The molecule has 16 heteroatoms. The Morgan fingerprint density at radius 2 is 1.27 bits per heavy atom. The van der Waals surface area contributed by atoms with E-state index in [1.165, 1.54) is 30.3 Å². The lowest BCUT2D eigenvalue weighted by Gasteiger charge is -2.37. The first-order chi connectivity index (χ1) is 29.7. The van der Waals surface area contributed by atoms with Crippen LogP contribution in [0, 0.1) is 11.6 Å². The first-order valence-corrected chi connectivity index (χ1v) is 20.8. The number of sulfone groups is 1. The van der Waals surface area contributed by atoms with E-state index in [9.17, 15) is 40.0 Å². The molecule has 0 atom stereocenters. The number of fused-ring (bicyclic) bond motifs is 1. The Morgan fingerprint density at radius 1 is 0.726 bits per heavy atom. The summed E-state index contributed by atoms with van der Waals surface area (Å²) < 4.78 is 107. The number of nitrogens with two attached hydrogens (primary N) is 1. The summed E-state index contributed by atoms with van der Waals surface area (Å²) in [4.78, 5) is 27.3. The quantitative estimate of drug-likeness (QED) is 0.0797. The fourth-order valence-corrected chi connectivity index (χ4v) is 9.33. The maximum absolute atomic E-state index is 14.6. The van der Waals surface area contributed by atoms with Gasteiger partial charge in [0, 0.05) is 36.4 Å². The molecule has 316 valence electrons. The summed E-state index contributed by atoms with van der Waals surface area (Å²) in [5, 5.41) is 7.75. The van der Waals surface area contributed by atoms with Crippen LogP contribution < -0.4 is 16.0 Å². The van der Waals surface area contributed by atoms with E-state index in [1.807, 2.05) is 91.0 Å². The lowest BCUT2D eigenvalue weighted by Crippen LogP contribution is -2.50. The van der Waals surface area contributed by atoms with Gasteiger partial charge in [0.1, 0.15) is 17.2 Å². The number of carbonyl (C=O) groups excluding carboxylic acids is 2. The van der Waals surface area contributed by atoms with Crippen molar-refractivity contribution in [1.82, 2.24) is 9.78 Å². The summed E-state index contributed by atoms with van der Waals surface area (Å²) in [5.41, 5.74) is 6.31. The van der Waals surface area contributed by atoms with Crippen LogP contribution in [0.5, 0.6) is 0 Å². The number of halogens is 5. The molecule has 2 amide bonds. The van der Waals surface area contributed by atoms with Crippen molar-refractivity contribution in [2.24, 2.45) is 0 Å². The first-order valence-electron chi connectivity index (χ1n) is 19.3. The van der Waals surface area contributed by atoms with E-state index in [0.717, 1.165) is 6.07 Å². The molecule has 2 heterocycles. The van der Waals surface area contributed by atoms with E-state index in [2.05, 4.69) is 5.32 Å². The normalized spacial score (nSPS) is 13.8. The van der Waals surface area contributed by atoms with Gasteiger partial charge in [-0.15, -0.1) is 0 Å². The molecule has 8 rings (SSSR count). The zero-order chi connectivity index (χ0) is 43.8. The number of ether oxygens (including phenoxy) is 1. The van der Waals surface area contributed by atoms with Crippen LogP contribution in [0.25, 0.3) is 10.9 Å². The number of hydrogen-bond donors (Lipinski definition) is 2. The third kappa shape index (κ3) is 7.66. The number of amides is 2. The second-order valence-electron chi connectivity index (χ2n) is 14.6. The van der Waals surface area contributed by atoms with Gasteiger partial charge in [-0.3, -0.25) is 9.59 Å². The molecular formula is C46H36F5N5O5S. The van der Waals surface area contributed by atoms with E-state index in [-0.39, 0.29) is 54.0 Å². The molecule has 1 fully saturated rings. The van der Waals surface area contributed by atoms with Crippen LogP contribution in [0.4, 0.5) is 39.1 Å². The van der Waals surface area contributed by atoms with Crippen LogP contribution in [0.1, 0.15) is 39.9 Å². The van der Waals surface area contributed by atoms with Crippen molar-refractivity contribution in [3.8, 4) is 0 Å². The Balaban J connectivity index is 1.38. The van der Waals surface area contributed by atoms with Gasteiger partial charge in [0.2, 0.25) is 9.84 Å². The van der Waals surface area contributed by atoms with Gasteiger partial charge in [-0.25, -0.2) is 21.9 Å². The average molecular weight is 866 g/mol. The number of rotatable bonds is 10. The minimum Gasteiger partial charge on any atom is -0.399 e. The number of anilines is 3. The molecule has 0 spiro atoms. The largest absolute Gasteiger partial charge is 0.471 e. The average Bonchev–Trinajstić information content (AvgIpc) is 3.62. The molecule has 0 saturated carbocycles. The van der Waals surface area contributed by atoms with Crippen molar-refractivity contribution in [2.45, 2.75) is 40.4 Å². The van der Waals surface area contributed by atoms with E-state index in [4.69, 9.17) is 15.6 Å². The monoisotopic (exact) mass is 865 g/mol. The summed E-state index contributed by atoms with van der Waals surface area (Å²) >= 11 is 0. The van der Waals surface area contributed by atoms with E-state index < -0.39 is 66.5 Å². The standard InChI is InChI=1S/C46H36F5N5O5S/c47-32-24-33(48)26-37(25-32)62(59,60)36-17-19-40-39(28-36)42(53-43(57)38-18-16-34(52)27-41(38)55(44(58)46(49,50)51)35-20-22-61-23-21-35)54-56(40)45(29-10-4-1-5-11-29,30-12-6-2-7-13-30)31-14-8-3-9-15-31/h1-19,24-28,35H,20-23,52H2,(H,53,54,57). The van der Waals surface area contributed by atoms with Crippen LogP contribution in [-0.4, -0.2) is 55.4 Å². The molecule has 62 heavy (non-hydrogen) atoms. The number of nitrogens with one attached hydrogen (secondary N) is 1. The number of alkyl halides is 3. The SMILES string of the molecule is Nc1ccc(C(=O)Nc2nn(C(c3ccccc3)(c3ccccc3)c3ccccc3)c3ccc(S(=O)(=O)c4cc(F)cc(F)c4)cc23)c(N(C(=O)C(F)(F)F)C2CCOCC2)c1. The van der Waals surface area contributed by atoms with Gasteiger partial charge < -0.3 is 20.7 Å². The molecule has 0 aliphatic carbocycles. The van der Waals surface area contributed by atoms with Crippen molar-refractivity contribution < 1.29 is 44.7 Å². The summed E-state index contributed by atoms with van der Waals surface area (Å²) in [6, 6.07) is 36.2. The third-order valence-corrected chi connectivity index (χ3v) is 12.5. The number of nitrogen functional groups attached to an aromatic ring is 1. The number of carbonyl (C=O) groups is 2. The Morgan fingerprint density at radius 3 is 1.81 bits per heavy atom. The number of hydrogen-bond acceptors (Lipinski definition) is 7. The zero-order valence-electron chi connectivity index (χ0n) is 32.5. The molecule has 6 aromatic carbocycles. The molecule has 1 aromatic heterocycles. The molecular weight excluding hydrogens is 830 g/mol. The summed E-state index contributed by atoms with van der Waals surface area (Å²) in [6.45, 7) is 0.137. The van der Waals surface area contributed by atoms with Gasteiger partial charge in [-0.05, 0) is 78.1 Å². The molecule has 0 radical (unpaired) electrons. The molecule has 0 unspecified atom stereocenters. The number of benzene rings is 6. The van der Waals surface area contributed by atoms with Crippen LogP contribution in [-0.2, 0) is 24.9 Å². The maximum atomic E-state index is 14.6. The van der Waals surface area contributed by atoms with Crippen LogP contribution in [0.2, 0.25) is 0 Å². The lowest BCUT2D eigenvalue weighted by atomic mass is 9.77. The maximum Gasteiger partial charge on any atom is 0.471 e. The predicted molar refractivity (Wildman–Crippen MR) is 222 cm³/mol. The van der Waals surface area contributed by atoms with Crippen LogP contribution in [0.15, 0.2) is 155 Å². The van der Waals surface area contributed by atoms with Gasteiger partial charge in [-0.1, -0.05) is 91.0 Å². The second kappa shape index (κ2) is 16.5. The van der Waals surface area contributed by atoms with Crippen molar-refractivity contribution in [2.75, 3.05) is 29.2 Å². The van der Waals surface area contributed by atoms with Crippen molar-refractivity contribution in [1.29, 1.82) is 0 Å². The summed E-state index contributed by atoms with van der Waals surface area (Å²) in [5.74, 6) is -5.70. The highest BCUT2D eigenvalue weighted by Gasteiger charge is 2.47. The van der Waals surface area contributed by atoms with E-state index in [1.54, 1.807) is 4.68 Å². The minimum absolute atomic E-state index is 0.0275. The molecule has 0 bridgehead atoms. The molecule has 7 aromatic rings. The molecule has 1 aliphatic rings. The Labute approximate surface area is 352 Å². The van der Waals surface area contributed by atoms with E-state index in [0.29, 0.717) is 39.8 Å². The highest BCUT2D eigenvalue weighted by atomic mass is 32.2.